The SMILES string of the molecule is COc1cc([C@@H]2C(C(=O)c3cc4cccc(OC)c4o3)=C(O)C(=O)N2CCCn2ccnc2)cc(Br)c1O. The van der Waals surface area contributed by atoms with Crippen LogP contribution in [-0.2, 0) is 11.3 Å². The summed E-state index contributed by atoms with van der Waals surface area (Å²) >= 11 is 3.32. The first-order valence-corrected chi connectivity index (χ1v) is 12.5. The fraction of sp³-hybridized carbons (Fsp3) is 0.222. The summed E-state index contributed by atoms with van der Waals surface area (Å²) in [5.74, 6) is -1.55. The van der Waals surface area contributed by atoms with Gasteiger partial charge in [0.2, 0.25) is 5.78 Å². The van der Waals surface area contributed by atoms with Crippen LogP contribution in [0.2, 0.25) is 0 Å². The molecule has 2 aromatic heterocycles. The Morgan fingerprint density at radius 1 is 1.13 bits per heavy atom. The van der Waals surface area contributed by atoms with Gasteiger partial charge in [0.15, 0.2) is 34.4 Å². The number of imidazole rings is 1. The van der Waals surface area contributed by atoms with Crippen molar-refractivity contribution in [3.63, 3.8) is 0 Å². The molecule has 11 heteroatoms. The van der Waals surface area contributed by atoms with Gasteiger partial charge in [0.05, 0.1) is 36.6 Å². The lowest BCUT2D eigenvalue weighted by atomic mass is 9.94. The summed E-state index contributed by atoms with van der Waals surface area (Å²) in [6, 6.07) is 8.97. The van der Waals surface area contributed by atoms with Gasteiger partial charge in [0.25, 0.3) is 5.91 Å². The molecule has 0 fully saturated rings. The van der Waals surface area contributed by atoms with Gasteiger partial charge in [0, 0.05) is 30.9 Å². The summed E-state index contributed by atoms with van der Waals surface area (Å²) in [5.41, 5.74) is 0.712. The number of rotatable bonds is 9. The third-order valence-corrected chi connectivity index (χ3v) is 7.07. The van der Waals surface area contributed by atoms with E-state index >= 15 is 0 Å². The van der Waals surface area contributed by atoms with Crippen LogP contribution in [0.4, 0.5) is 0 Å². The second kappa shape index (κ2) is 10.3. The first kappa shape index (κ1) is 25.4. The Morgan fingerprint density at radius 2 is 1.92 bits per heavy atom. The number of Topliss-reactive ketones (excluding diaryl/α,β-unsaturated/α-hetero) is 1. The lowest BCUT2D eigenvalue weighted by Gasteiger charge is -2.27. The third kappa shape index (κ3) is 4.38. The molecule has 0 unspecified atom stereocenters. The average molecular weight is 582 g/mol. The number of benzene rings is 2. The van der Waals surface area contributed by atoms with Gasteiger partial charge in [-0.05, 0) is 52.2 Å². The van der Waals surface area contributed by atoms with Crippen molar-refractivity contribution in [2.75, 3.05) is 20.8 Å². The van der Waals surface area contributed by atoms with Gasteiger partial charge in [-0.25, -0.2) is 4.98 Å². The fourth-order valence-electron chi connectivity index (χ4n) is 4.65. The maximum absolute atomic E-state index is 13.8. The molecule has 2 aromatic carbocycles. The number of aliphatic hydroxyl groups excluding tert-OH is 1. The van der Waals surface area contributed by atoms with Crippen LogP contribution in [-0.4, -0.2) is 57.1 Å². The third-order valence-electron chi connectivity index (χ3n) is 6.46. The van der Waals surface area contributed by atoms with E-state index in [9.17, 15) is 19.8 Å². The van der Waals surface area contributed by atoms with Crippen LogP contribution >= 0.6 is 15.9 Å². The van der Waals surface area contributed by atoms with Crippen LogP contribution in [0, 0.1) is 0 Å². The van der Waals surface area contributed by atoms with Crippen LogP contribution in [0.1, 0.15) is 28.6 Å². The van der Waals surface area contributed by atoms with Crippen molar-refractivity contribution in [2.45, 2.75) is 19.0 Å². The molecule has 0 saturated heterocycles. The van der Waals surface area contributed by atoms with Crippen LogP contribution in [0.5, 0.6) is 17.2 Å². The molecule has 0 bridgehead atoms. The number of amides is 1. The summed E-state index contributed by atoms with van der Waals surface area (Å²) in [6.07, 6.45) is 5.68. The minimum absolute atomic E-state index is 0.0473. The Balaban J connectivity index is 1.57. The van der Waals surface area contributed by atoms with E-state index in [1.165, 1.54) is 25.2 Å². The minimum atomic E-state index is -0.960. The molecular weight excluding hydrogens is 558 g/mol. The number of aliphatic hydroxyl groups is 1. The Bertz CT molecular complexity index is 1560. The summed E-state index contributed by atoms with van der Waals surface area (Å²) in [5, 5.41) is 22.0. The Morgan fingerprint density at radius 3 is 2.63 bits per heavy atom. The first-order chi connectivity index (χ1) is 18.3. The smallest absolute Gasteiger partial charge is 0.290 e. The predicted molar refractivity (Wildman–Crippen MR) is 140 cm³/mol. The first-order valence-electron chi connectivity index (χ1n) is 11.7. The molecule has 1 atom stereocenters. The molecule has 196 valence electrons. The summed E-state index contributed by atoms with van der Waals surface area (Å²) in [6.45, 7) is 0.809. The molecule has 1 aliphatic rings. The van der Waals surface area contributed by atoms with Crippen molar-refractivity contribution < 1.29 is 33.7 Å². The van der Waals surface area contributed by atoms with Crippen molar-refractivity contribution in [1.29, 1.82) is 0 Å². The molecule has 4 aromatic rings. The number of aromatic hydroxyl groups is 1. The Labute approximate surface area is 225 Å². The molecule has 0 spiro atoms. The van der Waals surface area contributed by atoms with E-state index in [0.717, 1.165) is 0 Å². The number of nitrogens with zero attached hydrogens (tertiary/aromatic N) is 3. The minimum Gasteiger partial charge on any atom is -0.503 e. The van der Waals surface area contributed by atoms with Gasteiger partial charge >= 0.3 is 0 Å². The van der Waals surface area contributed by atoms with E-state index < -0.39 is 23.5 Å². The van der Waals surface area contributed by atoms with E-state index in [2.05, 4.69) is 20.9 Å². The Hall–Kier alpha value is -4.25. The fourth-order valence-corrected chi connectivity index (χ4v) is 5.11. The molecule has 1 amide bonds. The number of hydrogen-bond donors (Lipinski definition) is 2. The number of phenolic OH excluding ortho intramolecular Hbond substituents is 1. The van der Waals surface area contributed by atoms with E-state index in [0.29, 0.717) is 39.7 Å². The molecule has 38 heavy (non-hydrogen) atoms. The van der Waals surface area contributed by atoms with Crippen molar-refractivity contribution in [3.8, 4) is 17.2 Å². The molecule has 0 aliphatic carbocycles. The second-order valence-electron chi connectivity index (χ2n) is 8.69. The number of furan rings is 1. The zero-order chi connectivity index (χ0) is 27.0. The summed E-state index contributed by atoms with van der Waals surface area (Å²) in [4.78, 5) is 32.6. The van der Waals surface area contributed by atoms with E-state index in [4.69, 9.17) is 13.9 Å². The molecule has 1 aliphatic heterocycles. The number of ether oxygens (including phenoxy) is 2. The average Bonchev–Trinajstić information content (AvgIpc) is 3.65. The normalized spacial score (nSPS) is 15.5. The second-order valence-corrected chi connectivity index (χ2v) is 9.54. The molecule has 3 heterocycles. The van der Waals surface area contributed by atoms with E-state index in [1.807, 2.05) is 10.8 Å². The number of phenols is 1. The lowest BCUT2D eigenvalue weighted by Crippen LogP contribution is -2.32. The highest BCUT2D eigenvalue weighted by Gasteiger charge is 2.44. The highest BCUT2D eigenvalue weighted by Crippen LogP contribution is 2.44. The van der Waals surface area contributed by atoms with Gasteiger partial charge in [-0.3, -0.25) is 9.59 Å². The largest absolute Gasteiger partial charge is 0.503 e. The molecular formula is C27H24BrN3O7. The number of carbonyl (C=O) groups excluding carboxylic acids is 2. The number of aryl methyl sites for hydroxylation is 1. The van der Waals surface area contributed by atoms with Crippen molar-refractivity contribution >= 4 is 38.6 Å². The number of aromatic nitrogens is 2. The number of methoxy groups -OCH3 is 2. The van der Waals surface area contributed by atoms with Gasteiger partial charge in [-0.15, -0.1) is 0 Å². The van der Waals surface area contributed by atoms with Crippen LogP contribution in [0.15, 0.2) is 75.3 Å². The predicted octanol–water partition coefficient (Wildman–Crippen LogP) is 4.78. The van der Waals surface area contributed by atoms with Crippen LogP contribution in [0.3, 0.4) is 0 Å². The lowest BCUT2D eigenvalue weighted by molar-refractivity contribution is -0.129. The van der Waals surface area contributed by atoms with Gasteiger partial charge in [0.1, 0.15) is 0 Å². The number of fused-ring (bicyclic) bond motifs is 1. The van der Waals surface area contributed by atoms with Gasteiger partial charge in [-0.2, -0.15) is 0 Å². The quantitative estimate of drug-likeness (QED) is 0.270. The standard InChI is InChI=1S/C27H24BrN3O7/c1-36-18-6-3-5-15-12-20(38-26(15)18)24(33)21-22(16-11-17(28)23(32)19(13-16)37-2)31(27(35)25(21)34)9-4-8-30-10-7-29-14-30/h3,5-7,10-14,22,32,34H,4,8-9H2,1-2H3/t22-/m1/s1. The van der Waals surface area contributed by atoms with Gasteiger partial charge < -0.3 is 33.6 Å². The molecule has 0 saturated carbocycles. The molecule has 10 nitrogen and oxygen atoms in total. The number of hydrogen-bond acceptors (Lipinski definition) is 8. The van der Waals surface area contributed by atoms with Crippen molar-refractivity contribution in [3.05, 3.63) is 82.2 Å². The zero-order valence-corrected chi connectivity index (χ0v) is 22.1. The summed E-state index contributed by atoms with van der Waals surface area (Å²) < 4.78 is 18.7. The van der Waals surface area contributed by atoms with Crippen molar-refractivity contribution in [2.24, 2.45) is 0 Å². The molecule has 5 rings (SSSR count). The van der Waals surface area contributed by atoms with Crippen LogP contribution < -0.4 is 9.47 Å². The number of carbonyl (C=O) groups is 2. The zero-order valence-electron chi connectivity index (χ0n) is 20.6. The number of para-hydroxylation sites is 1. The van der Waals surface area contributed by atoms with Crippen molar-refractivity contribution in [1.82, 2.24) is 14.5 Å². The molecule has 0 radical (unpaired) electrons. The highest BCUT2D eigenvalue weighted by atomic mass is 79.9. The highest BCUT2D eigenvalue weighted by molar-refractivity contribution is 9.10. The van der Waals surface area contributed by atoms with Crippen LogP contribution in [0.25, 0.3) is 11.0 Å². The van der Waals surface area contributed by atoms with E-state index in [1.54, 1.807) is 42.9 Å². The molecule has 2 N–H and O–H groups in total. The number of ketones is 1. The monoisotopic (exact) mass is 581 g/mol. The number of halogens is 1. The topological polar surface area (TPSA) is 127 Å². The maximum atomic E-state index is 13.8. The summed E-state index contributed by atoms with van der Waals surface area (Å²) in [7, 11) is 2.89. The van der Waals surface area contributed by atoms with E-state index in [-0.39, 0.29) is 29.4 Å². The Kier molecular flexibility index (Phi) is 6.85. The van der Waals surface area contributed by atoms with Gasteiger partial charge in [-0.1, -0.05) is 12.1 Å². The maximum Gasteiger partial charge on any atom is 0.290 e.